The van der Waals surface area contributed by atoms with Crippen molar-refractivity contribution in [2.75, 3.05) is 35.7 Å². The van der Waals surface area contributed by atoms with Crippen molar-refractivity contribution in [1.29, 1.82) is 0 Å². The van der Waals surface area contributed by atoms with Crippen LogP contribution in [-0.2, 0) is 0 Å². The molecule has 0 saturated carbocycles. The van der Waals surface area contributed by atoms with Crippen LogP contribution >= 0.6 is 11.8 Å². The van der Waals surface area contributed by atoms with Crippen LogP contribution in [0.15, 0.2) is 6.20 Å². The van der Waals surface area contributed by atoms with Crippen LogP contribution in [0.5, 0.6) is 0 Å². The quantitative estimate of drug-likeness (QED) is 0.759. The van der Waals surface area contributed by atoms with Gasteiger partial charge >= 0.3 is 0 Å². The third kappa shape index (κ3) is 5.12. The minimum atomic E-state index is 0.640. The highest BCUT2D eigenvalue weighted by Crippen LogP contribution is 2.14. The molecule has 1 heterocycles. The van der Waals surface area contributed by atoms with Crippen molar-refractivity contribution in [3.63, 3.8) is 0 Å². The number of hydrogen-bond donors (Lipinski definition) is 2. The number of aryl methyl sites for hydroxylation is 1. The van der Waals surface area contributed by atoms with E-state index in [1.54, 1.807) is 0 Å². The molecule has 102 valence electrons. The predicted octanol–water partition coefficient (Wildman–Crippen LogP) is 3.02. The van der Waals surface area contributed by atoms with Crippen LogP contribution in [0.4, 0.5) is 11.8 Å². The van der Waals surface area contributed by atoms with Gasteiger partial charge in [-0.25, -0.2) is 4.98 Å². The number of thioether (sulfide) groups is 1. The summed E-state index contributed by atoms with van der Waals surface area (Å²) in [5.41, 5.74) is 1.09. The lowest BCUT2D eigenvalue weighted by atomic mass is 10.2. The Balaban J connectivity index is 2.57. The Morgan fingerprint density at radius 3 is 2.83 bits per heavy atom. The van der Waals surface area contributed by atoms with Gasteiger partial charge in [-0.05, 0) is 31.3 Å². The number of hydrogen-bond acceptors (Lipinski definition) is 5. The van der Waals surface area contributed by atoms with Crippen LogP contribution in [0.25, 0.3) is 0 Å². The smallest absolute Gasteiger partial charge is 0.224 e. The summed E-state index contributed by atoms with van der Waals surface area (Å²) in [6.07, 6.45) is 5.08. The van der Waals surface area contributed by atoms with E-state index in [9.17, 15) is 0 Å². The largest absolute Gasteiger partial charge is 0.369 e. The van der Waals surface area contributed by atoms with E-state index in [0.717, 1.165) is 36.6 Å². The van der Waals surface area contributed by atoms with Gasteiger partial charge in [-0.1, -0.05) is 13.8 Å². The summed E-state index contributed by atoms with van der Waals surface area (Å²) in [5.74, 6) is 3.46. The Hall–Kier alpha value is -0.970. The van der Waals surface area contributed by atoms with Crippen LogP contribution in [0.2, 0.25) is 0 Å². The van der Waals surface area contributed by atoms with Gasteiger partial charge in [0.2, 0.25) is 5.95 Å². The van der Waals surface area contributed by atoms with Gasteiger partial charge in [-0.15, -0.1) is 0 Å². The van der Waals surface area contributed by atoms with E-state index in [4.69, 9.17) is 0 Å². The lowest BCUT2D eigenvalue weighted by Gasteiger charge is -2.14. The summed E-state index contributed by atoms with van der Waals surface area (Å²) in [6, 6.07) is 0. The average Bonchev–Trinajstić information content (AvgIpc) is 2.36. The Morgan fingerprint density at radius 2 is 2.17 bits per heavy atom. The maximum Gasteiger partial charge on any atom is 0.224 e. The van der Waals surface area contributed by atoms with Crippen molar-refractivity contribution in [3.05, 3.63) is 11.8 Å². The monoisotopic (exact) mass is 268 g/mol. The molecule has 0 radical (unpaired) electrons. The molecule has 0 aliphatic rings. The number of anilines is 2. The molecule has 0 amide bonds. The second kappa shape index (κ2) is 8.19. The molecule has 5 heteroatoms. The topological polar surface area (TPSA) is 49.8 Å². The SMILES string of the molecule is CCCNc1ncc(C)c(NCC(C)CSC)n1. The van der Waals surface area contributed by atoms with Crippen molar-refractivity contribution in [2.45, 2.75) is 27.2 Å². The third-order valence-electron chi connectivity index (χ3n) is 2.57. The Morgan fingerprint density at radius 1 is 1.39 bits per heavy atom. The van der Waals surface area contributed by atoms with E-state index in [0.29, 0.717) is 11.9 Å². The molecule has 2 N–H and O–H groups in total. The van der Waals surface area contributed by atoms with E-state index in [-0.39, 0.29) is 0 Å². The van der Waals surface area contributed by atoms with Gasteiger partial charge < -0.3 is 10.6 Å². The lowest BCUT2D eigenvalue weighted by Crippen LogP contribution is -2.16. The average molecular weight is 268 g/mol. The predicted molar refractivity (Wildman–Crippen MR) is 81.6 cm³/mol. The van der Waals surface area contributed by atoms with Gasteiger partial charge in [-0.2, -0.15) is 16.7 Å². The zero-order valence-corrected chi connectivity index (χ0v) is 12.6. The fourth-order valence-electron chi connectivity index (χ4n) is 1.56. The van der Waals surface area contributed by atoms with Crippen LogP contribution in [0.3, 0.4) is 0 Å². The van der Waals surface area contributed by atoms with E-state index in [2.05, 4.69) is 40.7 Å². The minimum absolute atomic E-state index is 0.640. The van der Waals surface area contributed by atoms with E-state index >= 15 is 0 Å². The fourth-order valence-corrected chi connectivity index (χ4v) is 2.24. The molecule has 0 spiro atoms. The van der Waals surface area contributed by atoms with Gasteiger partial charge in [0.25, 0.3) is 0 Å². The standard InChI is InChI=1S/C13H24N4S/c1-5-6-14-13-16-8-11(3)12(17-13)15-7-10(2)9-18-4/h8,10H,5-7,9H2,1-4H3,(H2,14,15,16,17). The highest BCUT2D eigenvalue weighted by Gasteiger charge is 2.05. The second-order valence-corrected chi connectivity index (χ2v) is 5.50. The van der Waals surface area contributed by atoms with Crippen molar-refractivity contribution in [2.24, 2.45) is 5.92 Å². The summed E-state index contributed by atoms with van der Waals surface area (Å²) in [6.45, 7) is 8.27. The lowest BCUT2D eigenvalue weighted by molar-refractivity contribution is 0.699. The maximum atomic E-state index is 4.50. The van der Waals surface area contributed by atoms with Gasteiger partial charge in [-0.3, -0.25) is 0 Å². The molecule has 0 aliphatic carbocycles. The molecule has 1 atom stereocenters. The summed E-state index contributed by atoms with van der Waals surface area (Å²) < 4.78 is 0. The molecule has 1 aromatic heterocycles. The van der Waals surface area contributed by atoms with Gasteiger partial charge in [0, 0.05) is 24.8 Å². The van der Waals surface area contributed by atoms with Crippen LogP contribution < -0.4 is 10.6 Å². The van der Waals surface area contributed by atoms with Crippen molar-refractivity contribution >= 4 is 23.5 Å². The van der Waals surface area contributed by atoms with E-state index < -0.39 is 0 Å². The number of nitrogens with zero attached hydrogens (tertiary/aromatic N) is 2. The molecule has 0 bridgehead atoms. The van der Waals surface area contributed by atoms with Crippen molar-refractivity contribution < 1.29 is 0 Å². The highest BCUT2D eigenvalue weighted by atomic mass is 32.2. The normalized spacial score (nSPS) is 12.2. The summed E-state index contributed by atoms with van der Waals surface area (Å²) in [7, 11) is 0. The zero-order valence-electron chi connectivity index (χ0n) is 11.8. The first-order valence-electron chi connectivity index (χ1n) is 6.47. The number of rotatable bonds is 8. The van der Waals surface area contributed by atoms with Gasteiger partial charge in [0.15, 0.2) is 0 Å². The summed E-state index contributed by atoms with van der Waals surface area (Å²) in [5, 5.41) is 6.62. The van der Waals surface area contributed by atoms with Crippen molar-refractivity contribution in [1.82, 2.24) is 9.97 Å². The Kier molecular flexibility index (Phi) is 6.86. The Labute approximate surface area is 114 Å². The molecule has 1 aromatic rings. The molecule has 0 aromatic carbocycles. The molecule has 0 fully saturated rings. The third-order valence-corrected chi connectivity index (χ3v) is 3.48. The first-order valence-corrected chi connectivity index (χ1v) is 7.87. The van der Waals surface area contributed by atoms with Crippen LogP contribution in [0.1, 0.15) is 25.8 Å². The maximum absolute atomic E-state index is 4.50. The molecule has 0 saturated heterocycles. The molecular formula is C13H24N4S. The van der Waals surface area contributed by atoms with Gasteiger partial charge in [0.1, 0.15) is 5.82 Å². The fraction of sp³-hybridized carbons (Fsp3) is 0.692. The first-order chi connectivity index (χ1) is 8.67. The molecule has 4 nitrogen and oxygen atoms in total. The van der Waals surface area contributed by atoms with Gasteiger partial charge in [0.05, 0.1) is 0 Å². The van der Waals surface area contributed by atoms with Crippen LogP contribution in [-0.4, -0.2) is 35.1 Å². The first kappa shape index (κ1) is 15.1. The summed E-state index contributed by atoms with van der Waals surface area (Å²) >= 11 is 1.88. The number of nitrogens with one attached hydrogen (secondary N) is 2. The number of aromatic nitrogens is 2. The zero-order chi connectivity index (χ0) is 13.4. The molecule has 1 rings (SSSR count). The summed E-state index contributed by atoms with van der Waals surface area (Å²) in [4.78, 5) is 8.78. The molecule has 1 unspecified atom stereocenters. The van der Waals surface area contributed by atoms with E-state index in [1.165, 1.54) is 0 Å². The molecular weight excluding hydrogens is 244 g/mol. The molecule has 18 heavy (non-hydrogen) atoms. The second-order valence-electron chi connectivity index (χ2n) is 4.59. The van der Waals surface area contributed by atoms with Crippen LogP contribution in [0, 0.1) is 12.8 Å². The Bertz CT molecular complexity index is 357. The molecule has 0 aliphatic heterocycles. The minimum Gasteiger partial charge on any atom is -0.369 e. The van der Waals surface area contributed by atoms with Crippen molar-refractivity contribution in [3.8, 4) is 0 Å². The van der Waals surface area contributed by atoms with E-state index in [1.807, 2.05) is 24.9 Å². The highest BCUT2D eigenvalue weighted by molar-refractivity contribution is 7.98.